The molecule has 0 aromatic carbocycles. The molecule has 18 heavy (non-hydrogen) atoms. The van der Waals surface area contributed by atoms with Gasteiger partial charge in [0.05, 0.1) is 11.7 Å². The maximum atomic E-state index is 5.41. The molecule has 3 nitrogen and oxygen atoms in total. The van der Waals surface area contributed by atoms with Crippen LogP contribution in [0.25, 0.3) is 10.9 Å². The standard InChI is InChI=1S/C11H11N3.2C2H6/c1-4-9-11-8(3)6-12-7-10(11)14(5-2)13-9;2*1-2/h1,6-7H,5H2,2-3H3;2*1-2H3. The van der Waals surface area contributed by atoms with E-state index in [1.165, 1.54) is 0 Å². The molecule has 0 bridgehead atoms. The first-order valence-corrected chi connectivity index (χ1v) is 6.55. The van der Waals surface area contributed by atoms with Crippen molar-refractivity contribution in [2.75, 3.05) is 0 Å². The van der Waals surface area contributed by atoms with Gasteiger partial charge in [-0.1, -0.05) is 27.7 Å². The first kappa shape index (κ1) is 16.2. The van der Waals surface area contributed by atoms with Gasteiger partial charge in [-0.25, -0.2) is 0 Å². The highest BCUT2D eigenvalue weighted by Gasteiger charge is 2.09. The van der Waals surface area contributed by atoms with E-state index in [4.69, 9.17) is 6.42 Å². The Labute approximate surface area is 110 Å². The minimum atomic E-state index is 0.710. The molecule has 0 aliphatic heterocycles. The van der Waals surface area contributed by atoms with E-state index in [9.17, 15) is 0 Å². The van der Waals surface area contributed by atoms with Crippen LogP contribution in [0.3, 0.4) is 0 Å². The van der Waals surface area contributed by atoms with E-state index in [-0.39, 0.29) is 0 Å². The molecule has 0 aliphatic carbocycles. The van der Waals surface area contributed by atoms with Crippen LogP contribution in [-0.2, 0) is 6.54 Å². The fourth-order valence-electron chi connectivity index (χ4n) is 1.62. The summed E-state index contributed by atoms with van der Waals surface area (Å²) in [5.74, 6) is 2.61. The highest BCUT2D eigenvalue weighted by atomic mass is 15.3. The number of pyridine rings is 1. The van der Waals surface area contributed by atoms with Crippen molar-refractivity contribution in [2.45, 2.75) is 48.1 Å². The predicted octanol–water partition coefficient (Wildman–Crippen LogP) is 3.79. The molecule has 0 saturated carbocycles. The molecule has 2 aromatic rings. The third kappa shape index (κ3) is 3.10. The molecule has 98 valence electrons. The Morgan fingerprint density at radius 3 is 2.33 bits per heavy atom. The maximum Gasteiger partial charge on any atom is 0.143 e. The van der Waals surface area contributed by atoms with Gasteiger partial charge >= 0.3 is 0 Å². The van der Waals surface area contributed by atoms with Crippen molar-refractivity contribution in [1.29, 1.82) is 0 Å². The molecule has 0 saturated heterocycles. The SMILES string of the molecule is C#Cc1nn(CC)c2cncc(C)c12.CC.CC. The van der Waals surface area contributed by atoms with Crippen LogP contribution in [0.15, 0.2) is 12.4 Å². The number of fused-ring (bicyclic) bond motifs is 1. The number of rotatable bonds is 1. The first-order chi connectivity index (χ1) is 8.77. The van der Waals surface area contributed by atoms with Crippen molar-refractivity contribution in [3.8, 4) is 12.3 Å². The molecule has 0 aliphatic rings. The van der Waals surface area contributed by atoms with E-state index < -0.39 is 0 Å². The highest BCUT2D eigenvalue weighted by molar-refractivity contribution is 5.86. The number of nitrogens with zero attached hydrogens (tertiary/aromatic N) is 3. The van der Waals surface area contributed by atoms with Crippen LogP contribution in [-0.4, -0.2) is 14.8 Å². The van der Waals surface area contributed by atoms with Crippen LogP contribution >= 0.6 is 0 Å². The Hall–Kier alpha value is -1.82. The van der Waals surface area contributed by atoms with Crippen molar-refractivity contribution < 1.29 is 0 Å². The summed E-state index contributed by atoms with van der Waals surface area (Å²) in [5.41, 5.74) is 2.80. The molecule has 0 spiro atoms. The molecule has 2 aromatic heterocycles. The second kappa shape index (κ2) is 8.30. The Morgan fingerprint density at radius 1 is 1.22 bits per heavy atom. The van der Waals surface area contributed by atoms with Crippen molar-refractivity contribution in [3.05, 3.63) is 23.7 Å². The summed E-state index contributed by atoms with van der Waals surface area (Å²) < 4.78 is 1.88. The molecule has 2 rings (SSSR count). The summed E-state index contributed by atoms with van der Waals surface area (Å²) in [4.78, 5) is 4.14. The van der Waals surface area contributed by atoms with Crippen molar-refractivity contribution in [1.82, 2.24) is 14.8 Å². The number of terminal acetylenes is 1. The fourth-order valence-corrected chi connectivity index (χ4v) is 1.62. The van der Waals surface area contributed by atoms with Gasteiger partial charge in [-0.2, -0.15) is 5.10 Å². The molecule has 0 radical (unpaired) electrons. The van der Waals surface area contributed by atoms with Crippen LogP contribution in [0.2, 0.25) is 0 Å². The van der Waals surface area contributed by atoms with Crippen LogP contribution in [0, 0.1) is 19.3 Å². The maximum absolute atomic E-state index is 5.41. The van der Waals surface area contributed by atoms with Crippen LogP contribution in [0.1, 0.15) is 45.9 Å². The number of hydrogen-bond donors (Lipinski definition) is 0. The molecule has 2 heterocycles. The predicted molar refractivity (Wildman–Crippen MR) is 78.6 cm³/mol. The van der Waals surface area contributed by atoms with Crippen molar-refractivity contribution in [2.24, 2.45) is 0 Å². The first-order valence-electron chi connectivity index (χ1n) is 6.55. The fraction of sp³-hybridized carbons (Fsp3) is 0.467. The molecule has 0 N–H and O–H groups in total. The second-order valence-corrected chi connectivity index (χ2v) is 3.16. The minimum Gasteiger partial charge on any atom is -0.262 e. The van der Waals surface area contributed by atoms with Gasteiger partial charge in [-0.15, -0.1) is 6.42 Å². The lowest BCUT2D eigenvalue weighted by molar-refractivity contribution is 0.680. The molecular formula is C15H23N3. The quantitative estimate of drug-likeness (QED) is 0.716. The number of aryl methyl sites for hydroxylation is 2. The van der Waals surface area contributed by atoms with E-state index in [2.05, 4.69) is 16.0 Å². The third-order valence-electron chi connectivity index (χ3n) is 2.29. The molecule has 0 atom stereocenters. The van der Waals surface area contributed by atoms with Crippen LogP contribution in [0.5, 0.6) is 0 Å². The summed E-state index contributed by atoms with van der Waals surface area (Å²) in [6, 6.07) is 0. The Kier molecular flexibility index (Phi) is 7.46. The van der Waals surface area contributed by atoms with Crippen molar-refractivity contribution in [3.63, 3.8) is 0 Å². The zero-order valence-corrected chi connectivity index (χ0v) is 12.3. The zero-order valence-electron chi connectivity index (χ0n) is 12.3. The molecular weight excluding hydrogens is 222 g/mol. The summed E-state index contributed by atoms with van der Waals surface area (Å²) in [6.07, 6.45) is 9.02. The largest absolute Gasteiger partial charge is 0.262 e. The Bertz CT molecular complexity index is 518. The molecule has 3 heteroatoms. The lowest BCUT2D eigenvalue weighted by atomic mass is 10.1. The summed E-state index contributed by atoms with van der Waals surface area (Å²) in [7, 11) is 0. The van der Waals surface area contributed by atoms with Crippen LogP contribution in [0.4, 0.5) is 0 Å². The van der Waals surface area contributed by atoms with Gasteiger partial charge in [0.15, 0.2) is 0 Å². The van der Waals surface area contributed by atoms with Gasteiger partial charge in [0.25, 0.3) is 0 Å². The Balaban J connectivity index is 0.000000659. The van der Waals surface area contributed by atoms with Gasteiger partial charge in [0.2, 0.25) is 0 Å². The topological polar surface area (TPSA) is 30.7 Å². The lowest BCUT2D eigenvalue weighted by Gasteiger charge is -1.97. The van der Waals surface area contributed by atoms with Gasteiger partial charge in [0.1, 0.15) is 5.69 Å². The highest BCUT2D eigenvalue weighted by Crippen LogP contribution is 2.20. The summed E-state index contributed by atoms with van der Waals surface area (Å²) in [5, 5.41) is 5.37. The van der Waals surface area contributed by atoms with E-state index in [1.807, 2.05) is 52.4 Å². The van der Waals surface area contributed by atoms with Gasteiger partial charge in [-0.3, -0.25) is 9.67 Å². The number of hydrogen-bond acceptors (Lipinski definition) is 2. The summed E-state index contributed by atoms with van der Waals surface area (Å²) >= 11 is 0. The van der Waals surface area contributed by atoms with E-state index in [1.54, 1.807) is 6.20 Å². The van der Waals surface area contributed by atoms with Gasteiger partial charge in [0, 0.05) is 18.1 Å². The zero-order chi connectivity index (χ0) is 14.1. The molecule has 0 fully saturated rings. The van der Waals surface area contributed by atoms with Crippen LogP contribution < -0.4 is 0 Å². The molecule has 0 unspecified atom stereocenters. The Morgan fingerprint density at radius 2 is 1.83 bits per heavy atom. The normalized spacial score (nSPS) is 8.72. The van der Waals surface area contributed by atoms with Gasteiger partial charge in [-0.05, 0) is 25.3 Å². The van der Waals surface area contributed by atoms with E-state index in [0.29, 0.717) is 5.69 Å². The van der Waals surface area contributed by atoms with E-state index in [0.717, 1.165) is 23.0 Å². The van der Waals surface area contributed by atoms with E-state index >= 15 is 0 Å². The second-order valence-electron chi connectivity index (χ2n) is 3.16. The average molecular weight is 245 g/mol. The minimum absolute atomic E-state index is 0.710. The average Bonchev–Trinajstić information content (AvgIpc) is 2.82. The third-order valence-corrected chi connectivity index (χ3v) is 2.29. The monoisotopic (exact) mass is 245 g/mol. The lowest BCUT2D eigenvalue weighted by Crippen LogP contribution is -1.96. The van der Waals surface area contributed by atoms with Gasteiger partial charge < -0.3 is 0 Å². The molecule has 0 amide bonds. The summed E-state index contributed by atoms with van der Waals surface area (Å²) in [6.45, 7) is 12.8. The van der Waals surface area contributed by atoms with Crippen molar-refractivity contribution >= 4 is 10.9 Å². The number of aromatic nitrogens is 3. The smallest absolute Gasteiger partial charge is 0.143 e.